The third kappa shape index (κ3) is 13.7. The molecule has 0 saturated carbocycles. The molecule has 0 aromatic rings. The molecular weight excluding hydrogens is 254 g/mol. The van der Waals surface area contributed by atoms with E-state index in [0.717, 1.165) is 12.8 Å². The molecule has 0 radical (unpaired) electrons. The Balaban J connectivity index is 0. The predicted octanol–water partition coefficient (Wildman–Crippen LogP) is 0.887. The summed E-state index contributed by atoms with van der Waals surface area (Å²) in [5.74, 6) is 1.23. The van der Waals surface area contributed by atoms with Gasteiger partial charge in [0.05, 0.1) is 13.2 Å². The Kier molecular flexibility index (Phi) is 13.2. The molecule has 2 nitrogen and oxygen atoms in total. The number of rotatable bonds is 8. The van der Waals surface area contributed by atoms with E-state index < -0.39 is 6.12 Å². The molecular formula is C10H22LiO2PS2. The molecule has 0 aliphatic heterocycles. The summed E-state index contributed by atoms with van der Waals surface area (Å²) in [7, 11) is 0. The fourth-order valence-corrected chi connectivity index (χ4v) is 2.46. The number of hydrogen-bond donors (Lipinski definition) is 0. The summed E-state index contributed by atoms with van der Waals surface area (Å²) in [5.41, 5.74) is 0. The maximum atomic E-state index is 5.44. The van der Waals surface area contributed by atoms with E-state index in [1.165, 1.54) is 0 Å². The Hall–Kier alpha value is 1.65. The van der Waals surface area contributed by atoms with Gasteiger partial charge in [0.25, 0.3) is 0 Å². The normalized spacial score (nSPS) is 12.0. The molecule has 0 aliphatic carbocycles. The van der Waals surface area contributed by atoms with Gasteiger partial charge in [-0.05, 0) is 24.7 Å². The Labute approximate surface area is 124 Å². The standard InChI is InChI=1S/C10H23O2PS2.Li/c1-9(2)5-7-11-13(14,15)12-8-6-10(3)4;/h9-10H,5-8H2,1-4H3,(H,14,15);/q;+1/p-1. The van der Waals surface area contributed by atoms with Gasteiger partial charge in [-0.3, -0.25) is 9.05 Å². The van der Waals surface area contributed by atoms with Gasteiger partial charge in [0.2, 0.25) is 0 Å². The zero-order valence-corrected chi connectivity index (χ0v) is 13.6. The molecule has 0 bridgehead atoms. The van der Waals surface area contributed by atoms with Crippen LogP contribution in [0.15, 0.2) is 0 Å². The van der Waals surface area contributed by atoms with E-state index in [9.17, 15) is 0 Å². The van der Waals surface area contributed by atoms with Gasteiger partial charge in [0, 0.05) is 6.12 Å². The summed E-state index contributed by atoms with van der Waals surface area (Å²) in [6.07, 6.45) is -0.411. The van der Waals surface area contributed by atoms with Gasteiger partial charge in [-0.1, -0.05) is 27.7 Å². The van der Waals surface area contributed by atoms with E-state index in [0.29, 0.717) is 25.0 Å². The molecule has 0 spiro atoms. The summed E-state index contributed by atoms with van der Waals surface area (Å²) in [5, 5.41) is 0. The molecule has 0 aromatic heterocycles. The van der Waals surface area contributed by atoms with Crippen molar-refractivity contribution in [3.63, 3.8) is 0 Å². The Morgan fingerprint density at radius 1 is 0.875 bits per heavy atom. The van der Waals surface area contributed by atoms with Crippen LogP contribution in [0.2, 0.25) is 0 Å². The first-order valence-electron chi connectivity index (χ1n) is 5.43. The molecule has 0 aliphatic rings. The van der Waals surface area contributed by atoms with Crippen molar-refractivity contribution in [3.8, 4) is 0 Å². The second kappa shape index (κ2) is 10.6. The van der Waals surface area contributed by atoms with Crippen molar-refractivity contribution >= 4 is 30.6 Å². The second-order valence-electron chi connectivity index (χ2n) is 4.48. The zero-order chi connectivity index (χ0) is 11.9. The zero-order valence-electron chi connectivity index (χ0n) is 11.1. The van der Waals surface area contributed by atoms with Gasteiger partial charge >= 0.3 is 18.9 Å². The quantitative estimate of drug-likeness (QED) is 0.372. The fourth-order valence-electron chi connectivity index (χ4n) is 0.838. The van der Waals surface area contributed by atoms with Crippen LogP contribution < -0.4 is 18.9 Å². The second-order valence-corrected chi connectivity index (χ2v) is 9.47. The first-order valence-corrected chi connectivity index (χ1v) is 9.09. The van der Waals surface area contributed by atoms with Crippen LogP contribution in [-0.4, -0.2) is 13.2 Å². The third-order valence-corrected chi connectivity index (χ3v) is 4.15. The molecule has 0 amide bonds. The van der Waals surface area contributed by atoms with Gasteiger partial charge in [0.15, 0.2) is 0 Å². The van der Waals surface area contributed by atoms with Crippen molar-refractivity contribution < 1.29 is 27.9 Å². The Morgan fingerprint density at radius 2 is 1.19 bits per heavy atom. The molecule has 0 atom stereocenters. The summed E-state index contributed by atoms with van der Waals surface area (Å²) in [4.78, 5) is 0. The largest absolute Gasteiger partial charge is 1.00 e. The molecule has 6 heteroatoms. The van der Waals surface area contributed by atoms with Crippen LogP contribution in [-0.2, 0) is 33.5 Å². The summed E-state index contributed by atoms with van der Waals surface area (Å²) in [6.45, 7) is 9.84. The molecule has 0 rings (SSSR count). The van der Waals surface area contributed by atoms with Crippen LogP contribution in [0.1, 0.15) is 40.5 Å². The minimum atomic E-state index is -2.39. The predicted molar refractivity (Wildman–Crippen MR) is 72.5 cm³/mol. The van der Waals surface area contributed by atoms with Gasteiger partial charge < -0.3 is 24.5 Å². The van der Waals surface area contributed by atoms with E-state index in [1.807, 2.05) is 0 Å². The first-order chi connectivity index (χ1) is 6.83. The molecule has 0 heterocycles. The van der Waals surface area contributed by atoms with Gasteiger partial charge in [-0.2, -0.15) is 0 Å². The van der Waals surface area contributed by atoms with Crippen molar-refractivity contribution in [2.75, 3.05) is 13.2 Å². The summed E-state index contributed by atoms with van der Waals surface area (Å²) >= 11 is 10.3. The molecule has 0 unspecified atom stereocenters. The molecule has 16 heavy (non-hydrogen) atoms. The van der Waals surface area contributed by atoms with Crippen molar-refractivity contribution in [2.24, 2.45) is 11.8 Å². The SMILES string of the molecule is CC(C)CCO[P+]([S-])([S-])OCCC(C)C.[Li+]. The molecule has 92 valence electrons. The molecule has 0 aromatic carbocycles. The monoisotopic (exact) mass is 276 g/mol. The molecule has 0 N–H and O–H groups in total. The fraction of sp³-hybridized carbons (Fsp3) is 1.00. The smallest absolute Gasteiger partial charge is 0.516 e. The topological polar surface area (TPSA) is 18.5 Å². The number of hydrogen-bond acceptors (Lipinski definition) is 4. The van der Waals surface area contributed by atoms with Crippen LogP contribution in [0.4, 0.5) is 0 Å². The van der Waals surface area contributed by atoms with Crippen LogP contribution in [0.3, 0.4) is 0 Å². The minimum Gasteiger partial charge on any atom is -0.516 e. The van der Waals surface area contributed by atoms with E-state index in [-0.39, 0.29) is 18.9 Å². The van der Waals surface area contributed by atoms with Crippen molar-refractivity contribution in [1.29, 1.82) is 0 Å². The summed E-state index contributed by atoms with van der Waals surface area (Å²) in [6, 6.07) is 0. The third-order valence-electron chi connectivity index (χ3n) is 1.89. The van der Waals surface area contributed by atoms with E-state index in [4.69, 9.17) is 33.5 Å². The van der Waals surface area contributed by atoms with Gasteiger partial charge in [-0.15, -0.1) is 0 Å². The Morgan fingerprint density at radius 3 is 1.44 bits per heavy atom. The van der Waals surface area contributed by atoms with Crippen molar-refractivity contribution in [2.45, 2.75) is 40.5 Å². The average Bonchev–Trinajstić information content (AvgIpc) is 2.01. The maximum absolute atomic E-state index is 5.44. The molecule has 0 saturated heterocycles. The van der Waals surface area contributed by atoms with E-state index in [2.05, 4.69) is 27.7 Å². The minimum absolute atomic E-state index is 0. The van der Waals surface area contributed by atoms with Crippen molar-refractivity contribution in [3.05, 3.63) is 0 Å². The summed E-state index contributed by atoms with van der Waals surface area (Å²) < 4.78 is 10.9. The average molecular weight is 276 g/mol. The first kappa shape index (κ1) is 20.0. The van der Waals surface area contributed by atoms with Crippen LogP contribution >= 0.6 is 6.12 Å². The van der Waals surface area contributed by atoms with E-state index >= 15 is 0 Å². The van der Waals surface area contributed by atoms with Gasteiger partial charge in [-0.25, -0.2) is 0 Å². The molecule has 0 fully saturated rings. The van der Waals surface area contributed by atoms with E-state index in [1.54, 1.807) is 0 Å². The van der Waals surface area contributed by atoms with Crippen LogP contribution in [0.25, 0.3) is 0 Å². The van der Waals surface area contributed by atoms with Crippen LogP contribution in [0, 0.1) is 11.8 Å². The van der Waals surface area contributed by atoms with Crippen molar-refractivity contribution in [1.82, 2.24) is 0 Å². The van der Waals surface area contributed by atoms with Gasteiger partial charge in [0.1, 0.15) is 0 Å². The van der Waals surface area contributed by atoms with Crippen LogP contribution in [0.5, 0.6) is 0 Å². The Bertz CT molecular complexity index is 153. The maximum Gasteiger partial charge on any atom is 1.00 e.